The number of halogens is 1. The van der Waals surface area contributed by atoms with Gasteiger partial charge in [0.15, 0.2) is 0 Å². The van der Waals surface area contributed by atoms with E-state index >= 15 is 0 Å². The number of carbonyl (C=O) groups excluding carboxylic acids is 1. The van der Waals surface area contributed by atoms with E-state index in [0.29, 0.717) is 23.8 Å². The molecule has 30 heavy (non-hydrogen) atoms. The highest BCUT2D eigenvalue weighted by Gasteiger charge is 2.14. The third-order valence-electron chi connectivity index (χ3n) is 4.35. The van der Waals surface area contributed by atoms with Gasteiger partial charge in [0.2, 0.25) is 5.95 Å². The molecule has 0 atom stereocenters. The van der Waals surface area contributed by atoms with Crippen molar-refractivity contribution in [3.63, 3.8) is 0 Å². The molecule has 0 spiro atoms. The lowest BCUT2D eigenvalue weighted by Crippen LogP contribution is -2.16. The van der Waals surface area contributed by atoms with Crippen LogP contribution in [0.5, 0.6) is 17.2 Å². The Balaban J connectivity index is 1.63. The van der Waals surface area contributed by atoms with Crippen LogP contribution in [0.3, 0.4) is 0 Å². The van der Waals surface area contributed by atoms with Gasteiger partial charge in [0.05, 0.1) is 12.2 Å². The summed E-state index contributed by atoms with van der Waals surface area (Å²) in [5, 5.41) is 2.72. The predicted molar refractivity (Wildman–Crippen MR) is 115 cm³/mol. The van der Waals surface area contributed by atoms with Gasteiger partial charge >= 0.3 is 0 Å². The number of nitrogens with one attached hydrogen (secondary N) is 1. The van der Waals surface area contributed by atoms with Gasteiger partial charge in [-0.1, -0.05) is 19.4 Å². The fraction of sp³-hybridized carbons (Fsp3) is 0.217. The monoisotopic (exact) mass is 409 g/mol. The lowest BCUT2D eigenvalue weighted by Gasteiger charge is -2.11. The van der Waals surface area contributed by atoms with E-state index in [-0.39, 0.29) is 16.9 Å². The van der Waals surface area contributed by atoms with E-state index in [1.807, 2.05) is 24.3 Å². The number of amides is 1. The highest BCUT2D eigenvalue weighted by atomic mass is 19.1. The Labute approximate surface area is 174 Å². The van der Waals surface area contributed by atoms with Crippen LogP contribution in [-0.4, -0.2) is 17.5 Å². The first-order chi connectivity index (χ1) is 14.5. The van der Waals surface area contributed by atoms with Crippen molar-refractivity contribution in [3.05, 3.63) is 71.7 Å². The van der Waals surface area contributed by atoms with E-state index < -0.39 is 11.9 Å². The van der Waals surface area contributed by atoms with Crippen molar-refractivity contribution in [1.29, 1.82) is 0 Å². The van der Waals surface area contributed by atoms with E-state index in [9.17, 15) is 9.18 Å². The van der Waals surface area contributed by atoms with Gasteiger partial charge in [0.1, 0.15) is 23.1 Å². The van der Waals surface area contributed by atoms with E-state index in [4.69, 9.17) is 15.2 Å². The van der Waals surface area contributed by atoms with Gasteiger partial charge in [-0.15, -0.1) is 0 Å². The number of nitrogens with zero attached hydrogens (tertiary/aromatic N) is 1. The van der Waals surface area contributed by atoms with Crippen molar-refractivity contribution < 1.29 is 18.7 Å². The molecule has 6 nitrogen and oxygen atoms in total. The summed E-state index contributed by atoms with van der Waals surface area (Å²) in [6.07, 6.45) is 2.07. The standard InChI is InChI=1S/C23H24FN3O3/c1-3-4-12-29-18-6-5-7-19(14-18)30-17-10-8-16(9-11-17)26-23(28)20-13-15(2)21(24)27-22(20)25/h5-11,13-14H,3-4,12H2,1-2H3,(H2,25,27)(H,26,28). The number of hydrogen-bond donors (Lipinski definition) is 2. The summed E-state index contributed by atoms with van der Waals surface area (Å²) >= 11 is 0. The average molecular weight is 409 g/mol. The minimum atomic E-state index is -0.689. The van der Waals surface area contributed by atoms with Gasteiger partial charge in [-0.2, -0.15) is 4.39 Å². The zero-order valence-electron chi connectivity index (χ0n) is 16.9. The maximum atomic E-state index is 13.4. The van der Waals surface area contributed by atoms with Crippen LogP contribution in [0.2, 0.25) is 0 Å². The molecule has 0 bridgehead atoms. The zero-order valence-corrected chi connectivity index (χ0v) is 16.9. The third-order valence-corrected chi connectivity index (χ3v) is 4.35. The molecule has 0 radical (unpaired) electrons. The SMILES string of the molecule is CCCCOc1cccc(Oc2ccc(NC(=O)c3cc(C)c(F)nc3N)cc2)c1. The predicted octanol–water partition coefficient (Wildman–Crippen LogP) is 5.33. The van der Waals surface area contributed by atoms with Crippen LogP contribution in [0.25, 0.3) is 0 Å². The molecule has 3 aromatic rings. The van der Waals surface area contributed by atoms with Crippen molar-refractivity contribution in [2.24, 2.45) is 0 Å². The molecule has 0 unspecified atom stereocenters. The van der Waals surface area contributed by atoms with Crippen LogP contribution in [0, 0.1) is 12.9 Å². The van der Waals surface area contributed by atoms with Gasteiger partial charge in [-0.25, -0.2) is 4.98 Å². The van der Waals surface area contributed by atoms with E-state index in [1.54, 1.807) is 24.3 Å². The van der Waals surface area contributed by atoms with Crippen molar-refractivity contribution in [3.8, 4) is 17.2 Å². The Kier molecular flexibility index (Phi) is 6.85. The maximum Gasteiger partial charge on any atom is 0.259 e. The quantitative estimate of drug-likeness (QED) is 0.388. The summed E-state index contributed by atoms with van der Waals surface area (Å²) in [5.41, 5.74) is 6.58. The molecule has 0 fully saturated rings. The molecule has 156 valence electrons. The first kappa shape index (κ1) is 21.1. The molecule has 0 aliphatic heterocycles. The fourth-order valence-electron chi connectivity index (χ4n) is 2.69. The number of unbranched alkanes of at least 4 members (excludes halogenated alkanes) is 1. The molecule has 1 aromatic heterocycles. The first-order valence-corrected chi connectivity index (χ1v) is 9.71. The maximum absolute atomic E-state index is 13.4. The zero-order chi connectivity index (χ0) is 21.5. The third kappa shape index (κ3) is 5.47. The molecule has 0 aliphatic rings. The lowest BCUT2D eigenvalue weighted by molar-refractivity contribution is 0.102. The number of aromatic nitrogens is 1. The van der Waals surface area contributed by atoms with Gasteiger partial charge in [-0.05, 0) is 55.8 Å². The van der Waals surface area contributed by atoms with Crippen LogP contribution >= 0.6 is 0 Å². The molecule has 1 heterocycles. The van der Waals surface area contributed by atoms with Gasteiger partial charge in [0.25, 0.3) is 5.91 Å². The molecule has 0 saturated carbocycles. The molecule has 0 saturated heterocycles. The second-order valence-corrected chi connectivity index (χ2v) is 6.79. The number of nitrogens with two attached hydrogens (primary N) is 1. The van der Waals surface area contributed by atoms with Crippen LogP contribution in [0.4, 0.5) is 15.9 Å². The van der Waals surface area contributed by atoms with E-state index in [0.717, 1.165) is 18.6 Å². The Bertz CT molecular complexity index is 1020. The Hall–Kier alpha value is -3.61. The number of pyridine rings is 1. The second kappa shape index (κ2) is 9.73. The van der Waals surface area contributed by atoms with Gasteiger partial charge in [0, 0.05) is 17.3 Å². The number of aryl methyl sites for hydroxylation is 1. The Morgan fingerprint density at radius 2 is 1.83 bits per heavy atom. The minimum Gasteiger partial charge on any atom is -0.493 e. The average Bonchev–Trinajstić information content (AvgIpc) is 2.72. The molecule has 1 amide bonds. The fourth-order valence-corrected chi connectivity index (χ4v) is 2.69. The minimum absolute atomic E-state index is 0.120. The number of ether oxygens (including phenoxy) is 2. The molecule has 7 heteroatoms. The number of nitrogen functional groups attached to an aromatic ring is 1. The molecular weight excluding hydrogens is 385 g/mol. The summed E-state index contributed by atoms with van der Waals surface area (Å²) in [7, 11) is 0. The topological polar surface area (TPSA) is 86.5 Å². The van der Waals surface area contributed by atoms with Crippen LogP contribution in [0.1, 0.15) is 35.7 Å². The summed E-state index contributed by atoms with van der Waals surface area (Å²) < 4.78 is 25.0. The molecule has 0 aliphatic carbocycles. The van der Waals surface area contributed by atoms with E-state index in [2.05, 4.69) is 17.2 Å². The number of rotatable bonds is 8. The van der Waals surface area contributed by atoms with Crippen LogP contribution in [0.15, 0.2) is 54.6 Å². The first-order valence-electron chi connectivity index (χ1n) is 9.71. The highest BCUT2D eigenvalue weighted by molar-refractivity contribution is 6.07. The summed E-state index contributed by atoms with van der Waals surface area (Å²) in [4.78, 5) is 16.0. The van der Waals surface area contributed by atoms with Crippen molar-refractivity contribution in [2.45, 2.75) is 26.7 Å². The Morgan fingerprint density at radius 3 is 2.57 bits per heavy atom. The van der Waals surface area contributed by atoms with Crippen molar-refractivity contribution in [1.82, 2.24) is 4.98 Å². The number of carbonyl (C=O) groups is 1. The normalized spacial score (nSPS) is 10.5. The molecule has 3 rings (SSSR count). The smallest absolute Gasteiger partial charge is 0.259 e. The largest absolute Gasteiger partial charge is 0.493 e. The van der Waals surface area contributed by atoms with Crippen LogP contribution < -0.4 is 20.5 Å². The highest BCUT2D eigenvalue weighted by Crippen LogP contribution is 2.26. The van der Waals surface area contributed by atoms with Gasteiger partial charge < -0.3 is 20.5 Å². The molecule has 3 N–H and O–H groups in total. The summed E-state index contributed by atoms with van der Waals surface area (Å²) in [5.74, 6) is 0.709. The van der Waals surface area contributed by atoms with E-state index in [1.165, 1.54) is 13.0 Å². The summed E-state index contributed by atoms with van der Waals surface area (Å²) in [6, 6.07) is 15.7. The lowest BCUT2D eigenvalue weighted by atomic mass is 10.1. The van der Waals surface area contributed by atoms with Crippen LogP contribution in [-0.2, 0) is 0 Å². The number of anilines is 2. The van der Waals surface area contributed by atoms with Crippen molar-refractivity contribution >= 4 is 17.4 Å². The van der Waals surface area contributed by atoms with Gasteiger partial charge in [-0.3, -0.25) is 4.79 Å². The molecular formula is C23H24FN3O3. The second-order valence-electron chi connectivity index (χ2n) is 6.79. The van der Waals surface area contributed by atoms with Crippen molar-refractivity contribution in [2.75, 3.05) is 17.7 Å². The molecule has 2 aromatic carbocycles. The Morgan fingerprint density at radius 1 is 1.10 bits per heavy atom. The number of hydrogen-bond acceptors (Lipinski definition) is 5. The summed E-state index contributed by atoms with van der Waals surface area (Å²) in [6.45, 7) is 4.30. The number of benzene rings is 2.